The van der Waals surface area contributed by atoms with E-state index in [2.05, 4.69) is 34.2 Å². The molecule has 1 aliphatic carbocycles. The Labute approximate surface area is 177 Å². The van der Waals surface area contributed by atoms with Crippen LogP contribution in [0.25, 0.3) is 10.2 Å². The minimum Gasteiger partial charge on any atom is -0.311 e. The fourth-order valence-electron chi connectivity index (χ4n) is 3.59. The number of nitrogens with zero attached hydrogens (tertiary/aromatic N) is 3. The summed E-state index contributed by atoms with van der Waals surface area (Å²) in [4.78, 5) is 34.5. The molecular weight excluding hydrogens is 406 g/mol. The first-order valence-electron chi connectivity index (χ1n) is 10.0. The van der Waals surface area contributed by atoms with Crippen LogP contribution in [0.4, 0.5) is 5.82 Å². The predicted octanol–water partition coefficient (Wildman–Crippen LogP) is 3.90. The molecule has 1 unspecified atom stereocenters. The third-order valence-corrected chi connectivity index (χ3v) is 7.44. The van der Waals surface area contributed by atoms with Crippen molar-refractivity contribution < 1.29 is 4.79 Å². The van der Waals surface area contributed by atoms with Gasteiger partial charge in [0.05, 0.1) is 23.4 Å². The maximum Gasteiger partial charge on any atom is 0.259 e. The van der Waals surface area contributed by atoms with E-state index in [0.29, 0.717) is 23.8 Å². The molecule has 154 valence electrons. The van der Waals surface area contributed by atoms with Crippen molar-refractivity contribution in [1.29, 1.82) is 0 Å². The minimum absolute atomic E-state index is 0.0268. The van der Waals surface area contributed by atoms with Gasteiger partial charge in [-0.1, -0.05) is 6.92 Å². The molecule has 0 fully saturated rings. The van der Waals surface area contributed by atoms with Crippen molar-refractivity contribution in [2.75, 3.05) is 11.1 Å². The molecule has 0 saturated carbocycles. The highest BCUT2D eigenvalue weighted by molar-refractivity contribution is 7.98. The first-order chi connectivity index (χ1) is 14.1. The quantitative estimate of drug-likeness (QED) is 0.528. The summed E-state index contributed by atoms with van der Waals surface area (Å²) in [6.45, 7) is 4.17. The smallest absolute Gasteiger partial charge is 0.259 e. The number of anilines is 1. The van der Waals surface area contributed by atoms with Crippen LogP contribution in [0.1, 0.15) is 55.4 Å². The molecule has 4 rings (SSSR count). The second-order valence-corrected chi connectivity index (χ2v) is 9.51. The molecule has 1 aliphatic rings. The van der Waals surface area contributed by atoms with Crippen LogP contribution in [-0.4, -0.2) is 31.4 Å². The monoisotopic (exact) mass is 431 g/mol. The van der Waals surface area contributed by atoms with Gasteiger partial charge in [-0.05, 0) is 38.2 Å². The number of rotatable bonds is 8. The van der Waals surface area contributed by atoms with Crippen LogP contribution in [0, 0.1) is 0 Å². The van der Waals surface area contributed by atoms with Crippen molar-refractivity contribution in [1.82, 2.24) is 19.7 Å². The molecule has 7 nitrogen and oxygen atoms in total. The third kappa shape index (κ3) is 4.25. The Kier molecular flexibility index (Phi) is 6.05. The number of thioether (sulfide) groups is 1. The SMILES string of the molecule is CCC(C)n1nccc1NC(=O)CCSCc1nc2sc3c(c2c(=O)[nH]1)CCC3. The van der Waals surface area contributed by atoms with Gasteiger partial charge in [-0.3, -0.25) is 9.59 Å². The molecule has 0 aliphatic heterocycles. The summed E-state index contributed by atoms with van der Waals surface area (Å²) >= 11 is 3.25. The van der Waals surface area contributed by atoms with Gasteiger partial charge in [0.15, 0.2) is 0 Å². The number of hydrogen-bond acceptors (Lipinski definition) is 6. The van der Waals surface area contributed by atoms with Crippen LogP contribution < -0.4 is 10.9 Å². The highest BCUT2D eigenvalue weighted by Gasteiger charge is 2.21. The van der Waals surface area contributed by atoms with Crippen LogP contribution in [0.2, 0.25) is 0 Å². The van der Waals surface area contributed by atoms with Crippen molar-refractivity contribution in [3.05, 3.63) is 38.9 Å². The zero-order valence-corrected chi connectivity index (χ0v) is 18.3. The molecular formula is C20H25N5O2S2. The largest absolute Gasteiger partial charge is 0.311 e. The number of thiophene rings is 1. The van der Waals surface area contributed by atoms with Gasteiger partial charge >= 0.3 is 0 Å². The van der Waals surface area contributed by atoms with Crippen molar-refractivity contribution in [3.63, 3.8) is 0 Å². The van der Waals surface area contributed by atoms with E-state index in [1.807, 2.05) is 10.7 Å². The van der Waals surface area contributed by atoms with Crippen molar-refractivity contribution in [3.8, 4) is 0 Å². The summed E-state index contributed by atoms with van der Waals surface area (Å²) in [6.07, 6.45) is 6.23. The highest BCUT2D eigenvalue weighted by atomic mass is 32.2. The number of carbonyl (C=O) groups is 1. The Bertz CT molecular complexity index is 1080. The average Bonchev–Trinajstić information content (AvgIpc) is 3.40. The van der Waals surface area contributed by atoms with Crippen LogP contribution in [-0.2, 0) is 23.4 Å². The lowest BCUT2D eigenvalue weighted by Gasteiger charge is -2.14. The molecule has 2 N–H and O–H groups in total. The number of nitrogens with one attached hydrogen (secondary N) is 2. The molecule has 9 heteroatoms. The number of aryl methyl sites for hydroxylation is 2. The van der Waals surface area contributed by atoms with Crippen LogP contribution in [0.5, 0.6) is 0 Å². The standard InChI is InChI=1S/C20H25N5O2S2/c1-3-12(2)25-16(7-9-21-25)24-17(26)8-10-28-11-15-22-19(27)18-13-5-4-6-14(13)29-20(18)23-15/h7,9,12H,3-6,8,10-11H2,1-2H3,(H,24,26)(H,22,23,27). The zero-order valence-electron chi connectivity index (χ0n) is 16.7. The normalized spacial score (nSPS) is 14.3. The lowest BCUT2D eigenvalue weighted by Crippen LogP contribution is -2.17. The zero-order chi connectivity index (χ0) is 20.4. The van der Waals surface area contributed by atoms with Gasteiger partial charge in [0, 0.05) is 23.1 Å². The first kappa shape index (κ1) is 20.2. The van der Waals surface area contributed by atoms with E-state index in [1.165, 1.54) is 10.4 Å². The fraction of sp³-hybridized carbons (Fsp3) is 0.500. The van der Waals surface area contributed by atoms with Gasteiger partial charge in [0.2, 0.25) is 5.91 Å². The molecule has 3 aromatic heterocycles. The van der Waals surface area contributed by atoms with E-state index in [9.17, 15) is 9.59 Å². The van der Waals surface area contributed by atoms with Crippen LogP contribution >= 0.6 is 23.1 Å². The number of hydrogen-bond donors (Lipinski definition) is 2. The predicted molar refractivity (Wildman–Crippen MR) is 119 cm³/mol. The Balaban J connectivity index is 1.30. The summed E-state index contributed by atoms with van der Waals surface area (Å²) in [5.74, 6) is 2.63. The van der Waals surface area contributed by atoms with Crippen molar-refractivity contribution in [2.24, 2.45) is 0 Å². The lowest BCUT2D eigenvalue weighted by molar-refractivity contribution is -0.115. The minimum atomic E-state index is -0.0332. The van der Waals surface area contributed by atoms with Gasteiger partial charge in [-0.25, -0.2) is 9.67 Å². The van der Waals surface area contributed by atoms with Crippen molar-refractivity contribution in [2.45, 2.75) is 57.7 Å². The number of aromatic nitrogens is 4. The number of carbonyl (C=O) groups excluding carboxylic acids is 1. The molecule has 1 amide bonds. The van der Waals surface area contributed by atoms with E-state index < -0.39 is 0 Å². The van der Waals surface area contributed by atoms with E-state index in [1.54, 1.807) is 29.3 Å². The molecule has 3 heterocycles. The Morgan fingerprint density at radius 3 is 3.14 bits per heavy atom. The third-order valence-electron chi connectivity index (χ3n) is 5.28. The maximum atomic E-state index is 12.5. The van der Waals surface area contributed by atoms with E-state index in [-0.39, 0.29) is 17.5 Å². The van der Waals surface area contributed by atoms with E-state index >= 15 is 0 Å². The van der Waals surface area contributed by atoms with E-state index in [4.69, 9.17) is 0 Å². The van der Waals surface area contributed by atoms with Gasteiger partial charge < -0.3 is 10.3 Å². The number of fused-ring (bicyclic) bond motifs is 3. The van der Waals surface area contributed by atoms with Gasteiger partial charge in [-0.15, -0.1) is 11.3 Å². The van der Waals surface area contributed by atoms with Gasteiger partial charge in [0.25, 0.3) is 5.56 Å². The van der Waals surface area contributed by atoms with Gasteiger partial charge in [0.1, 0.15) is 16.5 Å². The van der Waals surface area contributed by atoms with Crippen molar-refractivity contribution >= 4 is 45.0 Å². The molecule has 0 aromatic carbocycles. The summed E-state index contributed by atoms with van der Waals surface area (Å²) in [5.41, 5.74) is 1.17. The Hall–Kier alpha value is -2.13. The summed E-state index contributed by atoms with van der Waals surface area (Å²) < 4.78 is 1.84. The molecule has 29 heavy (non-hydrogen) atoms. The highest BCUT2D eigenvalue weighted by Crippen LogP contribution is 2.34. The van der Waals surface area contributed by atoms with Gasteiger partial charge in [-0.2, -0.15) is 16.9 Å². The number of H-pyrrole nitrogens is 1. The summed E-state index contributed by atoms with van der Waals surface area (Å²) in [5, 5.41) is 8.00. The molecule has 3 aromatic rings. The second-order valence-electron chi connectivity index (χ2n) is 7.32. The Morgan fingerprint density at radius 2 is 2.31 bits per heavy atom. The topological polar surface area (TPSA) is 92.7 Å². The number of aromatic amines is 1. The molecule has 1 atom stereocenters. The Morgan fingerprint density at radius 1 is 1.45 bits per heavy atom. The first-order valence-corrected chi connectivity index (χ1v) is 12.0. The molecule has 0 saturated heterocycles. The summed E-state index contributed by atoms with van der Waals surface area (Å²) in [6, 6.07) is 2.06. The van der Waals surface area contributed by atoms with E-state index in [0.717, 1.165) is 41.7 Å². The second kappa shape index (κ2) is 8.71. The van der Waals surface area contributed by atoms with Crippen LogP contribution in [0.15, 0.2) is 17.1 Å². The molecule has 0 bridgehead atoms. The summed E-state index contributed by atoms with van der Waals surface area (Å²) in [7, 11) is 0. The number of amides is 1. The maximum absolute atomic E-state index is 12.5. The molecule has 0 radical (unpaired) electrons. The van der Waals surface area contributed by atoms with Crippen LogP contribution in [0.3, 0.4) is 0 Å². The average molecular weight is 432 g/mol. The fourth-order valence-corrected chi connectivity index (χ4v) is 5.68. The lowest BCUT2D eigenvalue weighted by atomic mass is 10.2. The molecule has 0 spiro atoms.